The van der Waals surface area contributed by atoms with Crippen molar-refractivity contribution in [2.75, 3.05) is 0 Å². The van der Waals surface area contributed by atoms with Gasteiger partial charge in [-0.2, -0.15) is 0 Å². The fourth-order valence-corrected chi connectivity index (χ4v) is 2.45. The summed E-state index contributed by atoms with van der Waals surface area (Å²) in [6.07, 6.45) is 0. The first kappa shape index (κ1) is 11.4. The summed E-state index contributed by atoms with van der Waals surface area (Å²) in [5, 5.41) is 8.82. The van der Waals surface area contributed by atoms with Crippen LogP contribution < -0.4 is 5.73 Å². The predicted octanol–water partition coefficient (Wildman–Crippen LogP) is 2.64. The van der Waals surface area contributed by atoms with Crippen LogP contribution in [-0.4, -0.2) is 10.2 Å². The first-order valence-electron chi connectivity index (χ1n) is 4.66. The minimum Gasteiger partial charge on any atom is -0.416 e. The molecule has 0 bridgehead atoms. The van der Waals surface area contributed by atoms with E-state index in [1.54, 1.807) is 6.92 Å². The van der Waals surface area contributed by atoms with Crippen LogP contribution in [0.15, 0.2) is 32.7 Å². The maximum absolute atomic E-state index is 6.04. The number of rotatable bonds is 3. The van der Waals surface area contributed by atoms with Crippen molar-refractivity contribution in [2.45, 2.75) is 23.6 Å². The lowest BCUT2D eigenvalue weighted by molar-refractivity contribution is 0.429. The van der Waals surface area contributed by atoms with Gasteiger partial charge in [-0.1, -0.05) is 17.7 Å². The van der Waals surface area contributed by atoms with Gasteiger partial charge in [0.15, 0.2) is 0 Å². The molecule has 16 heavy (non-hydrogen) atoms. The number of hydrogen-bond donors (Lipinski definition) is 1. The highest BCUT2D eigenvalue weighted by molar-refractivity contribution is 7.99. The molecule has 0 aliphatic carbocycles. The second kappa shape index (κ2) is 4.86. The highest BCUT2D eigenvalue weighted by atomic mass is 35.5. The number of nitrogens with zero attached hydrogens (tertiary/aromatic N) is 2. The van der Waals surface area contributed by atoms with Gasteiger partial charge < -0.3 is 10.2 Å². The zero-order valence-electron chi connectivity index (χ0n) is 8.61. The third-order valence-corrected chi connectivity index (χ3v) is 3.28. The average molecular weight is 256 g/mol. The van der Waals surface area contributed by atoms with Gasteiger partial charge in [-0.3, -0.25) is 0 Å². The summed E-state index contributed by atoms with van der Waals surface area (Å²) in [5.41, 5.74) is 6.54. The average Bonchev–Trinajstić information content (AvgIpc) is 2.64. The molecule has 0 radical (unpaired) electrons. The number of aromatic nitrogens is 2. The van der Waals surface area contributed by atoms with Crippen LogP contribution in [-0.2, 0) is 6.54 Å². The minimum absolute atomic E-state index is 0.384. The Labute approximate surface area is 102 Å². The van der Waals surface area contributed by atoms with Gasteiger partial charge in [0.2, 0.25) is 5.89 Å². The minimum atomic E-state index is 0.384. The monoisotopic (exact) mass is 255 g/mol. The van der Waals surface area contributed by atoms with Crippen molar-refractivity contribution in [3.8, 4) is 0 Å². The van der Waals surface area contributed by atoms with Gasteiger partial charge in [0, 0.05) is 23.4 Å². The van der Waals surface area contributed by atoms with E-state index in [0.717, 1.165) is 10.5 Å². The Hall–Kier alpha value is -1.04. The molecule has 0 spiro atoms. The Bertz CT molecular complexity index is 501. The van der Waals surface area contributed by atoms with Crippen LogP contribution in [0.25, 0.3) is 0 Å². The van der Waals surface area contributed by atoms with Gasteiger partial charge in [-0.05, 0) is 29.5 Å². The summed E-state index contributed by atoms with van der Waals surface area (Å²) >= 11 is 7.41. The van der Waals surface area contributed by atoms with Crippen LogP contribution in [0.5, 0.6) is 0 Å². The summed E-state index contributed by atoms with van der Waals surface area (Å²) in [6.45, 7) is 2.13. The number of benzene rings is 1. The quantitative estimate of drug-likeness (QED) is 0.913. The second-order valence-corrected chi connectivity index (χ2v) is 4.51. The topological polar surface area (TPSA) is 64.9 Å². The predicted molar refractivity (Wildman–Crippen MR) is 62.5 cm³/mol. The third kappa shape index (κ3) is 2.37. The molecule has 6 heteroatoms. The highest BCUT2D eigenvalue weighted by Crippen LogP contribution is 2.32. The summed E-state index contributed by atoms with van der Waals surface area (Å²) in [7, 11) is 0. The molecule has 0 saturated carbocycles. The van der Waals surface area contributed by atoms with E-state index in [-0.39, 0.29) is 0 Å². The molecule has 0 aliphatic heterocycles. The van der Waals surface area contributed by atoms with E-state index in [0.29, 0.717) is 22.7 Å². The van der Waals surface area contributed by atoms with E-state index in [9.17, 15) is 0 Å². The van der Waals surface area contributed by atoms with E-state index in [2.05, 4.69) is 10.2 Å². The summed E-state index contributed by atoms with van der Waals surface area (Å²) in [5.74, 6) is 0.541. The molecule has 2 aromatic rings. The molecule has 2 rings (SSSR count). The van der Waals surface area contributed by atoms with Gasteiger partial charge in [0.1, 0.15) is 0 Å². The van der Waals surface area contributed by atoms with E-state index >= 15 is 0 Å². The van der Waals surface area contributed by atoms with E-state index in [4.69, 9.17) is 21.8 Å². The number of hydrogen-bond acceptors (Lipinski definition) is 5. The number of aryl methyl sites for hydroxylation is 1. The normalized spacial score (nSPS) is 10.7. The molecular formula is C10H10ClN3OS. The maximum Gasteiger partial charge on any atom is 0.281 e. The molecule has 0 amide bonds. The molecule has 0 unspecified atom stereocenters. The molecule has 1 heterocycles. The van der Waals surface area contributed by atoms with Crippen molar-refractivity contribution in [3.05, 3.63) is 34.7 Å². The molecule has 2 N–H and O–H groups in total. The Morgan fingerprint density at radius 1 is 1.44 bits per heavy atom. The van der Waals surface area contributed by atoms with Crippen LogP contribution in [0.4, 0.5) is 0 Å². The van der Waals surface area contributed by atoms with Gasteiger partial charge in [0.05, 0.1) is 0 Å². The molecule has 0 saturated heterocycles. The fourth-order valence-electron chi connectivity index (χ4n) is 1.25. The van der Waals surface area contributed by atoms with Crippen LogP contribution in [0.2, 0.25) is 5.02 Å². The first-order chi connectivity index (χ1) is 7.70. The zero-order chi connectivity index (χ0) is 11.5. The molecule has 1 aromatic carbocycles. The Morgan fingerprint density at radius 3 is 2.88 bits per heavy atom. The third-order valence-electron chi connectivity index (χ3n) is 1.98. The van der Waals surface area contributed by atoms with Crippen molar-refractivity contribution < 1.29 is 4.42 Å². The zero-order valence-corrected chi connectivity index (χ0v) is 10.2. The van der Waals surface area contributed by atoms with Crippen molar-refractivity contribution in [1.82, 2.24) is 10.2 Å². The largest absolute Gasteiger partial charge is 0.416 e. The molecule has 0 atom stereocenters. The lowest BCUT2D eigenvalue weighted by Crippen LogP contribution is -1.99. The van der Waals surface area contributed by atoms with Crippen molar-refractivity contribution in [1.29, 1.82) is 0 Å². The van der Waals surface area contributed by atoms with Crippen LogP contribution in [0, 0.1) is 6.92 Å². The number of nitrogens with two attached hydrogens (primary N) is 1. The number of halogens is 1. The highest BCUT2D eigenvalue weighted by Gasteiger charge is 2.10. The van der Waals surface area contributed by atoms with Gasteiger partial charge in [-0.25, -0.2) is 0 Å². The molecule has 0 aliphatic rings. The van der Waals surface area contributed by atoms with Gasteiger partial charge >= 0.3 is 0 Å². The summed E-state index contributed by atoms with van der Waals surface area (Å²) in [6, 6.07) is 5.61. The molecular weight excluding hydrogens is 246 g/mol. The van der Waals surface area contributed by atoms with Crippen LogP contribution >= 0.6 is 23.4 Å². The van der Waals surface area contributed by atoms with Crippen molar-refractivity contribution >= 4 is 23.4 Å². The molecule has 84 valence electrons. The van der Waals surface area contributed by atoms with E-state index < -0.39 is 0 Å². The van der Waals surface area contributed by atoms with Crippen molar-refractivity contribution in [3.63, 3.8) is 0 Å². The molecule has 4 nitrogen and oxygen atoms in total. The SMILES string of the molecule is Cc1nnc(Sc2cccc(Cl)c2CN)o1. The summed E-state index contributed by atoms with van der Waals surface area (Å²) < 4.78 is 5.28. The Kier molecular flexibility index (Phi) is 3.48. The lowest BCUT2D eigenvalue weighted by Gasteiger charge is -2.06. The summed E-state index contributed by atoms with van der Waals surface area (Å²) in [4.78, 5) is 0.943. The second-order valence-electron chi connectivity index (χ2n) is 3.11. The first-order valence-corrected chi connectivity index (χ1v) is 5.85. The standard InChI is InChI=1S/C10H10ClN3OS/c1-6-13-14-10(15-6)16-9-4-2-3-8(11)7(9)5-12/h2-4H,5,12H2,1H3. The van der Waals surface area contributed by atoms with Crippen LogP contribution in [0.1, 0.15) is 11.5 Å². The van der Waals surface area contributed by atoms with E-state index in [1.165, 1.54) is 11.8 Å². The molecule has 1 aromatic heterocycles. The Morgan fingerprint density at radius 2 is 2.25 bits per heavy atom. The van der Waals surface area contributed by atoms with Crippen LogP contribution in [0.3, 0.4) is 0 Å². The lowest BCUT2D eigenvalue weighted by atomic mass is 10.2. The Balaban J connectivity index is 2.30. The fraction of sp³-hybridized carbons (Fsp3) is 0.200. The van der Waals surface area contributed by atoms with Gasteiger partial charge in [-0.15, -0.1) is 10.2 Å². The van der Waals surface area contributed by atoms with E-state index in [1.807, 2.05) is 18.2 Å². The maximum atomic E-state index is 6.04. The smallest absolute Gasteiger partial charge is 0.281 e. The molecule has 0 fully saturated rings. The van der Waals surface area contributed by atoms with Crippen molar-refractivity contribution in [2.24, 2.45) is 5.73 Å². The van der Waals surface area contributed by atoms with Gasteiger partial charge in [0.25, 0.3) is 5.22 Å².